The van der Waals surface area contributed by atoms with Crippen LogP contribution in [0.5, 0.6) is 0 Å². The summed E-state index contributed by atoms with van der Waals surface area (Å²) < 4.78 is 0. The summed E-state index contributed by atoms with van der Waals surface area (Å²) in [4.78, 5) is 39.3. The molecule has 1 aliphatic rings. The van der Waals surface area contributed by atoms with Crippen molar-refractivity contribution < 1.29 is 14.4 Å². The van der Waals surface area contributed by atoms with Gasteiger partial charge in [-0.2, -0.15) is 0 Å². The highest BCUT2D eigenvalue weighted by Crippen LogP contribution is 2.23. The van der Waals surface area contributed by atoms with Crippen molar-refractivity contribution in [3.63, 3.8) is 0 Å². The predicted molar refractivity (Wildman–Crippen MR) is 135 cm³/mol. The molecule has 0 saturated carbocycles. The molecule has 182 valence electrons. The average molecular weight is 492 g/mol. The van der Waals surface area contributed by atoms with Crippen LogP contribution in [0.3, 0.4) is 0 Å². The predicted octanol–water partition coefficient (Wildman–Crippen LogP) is 3.78. The molecule has 2 N–H and O–H groups in total. The number of aromatic nitrogens is 2. The van der Waals surface area contributed by atoms with Crippen molar-refractivity contribution in [2.45, 2.75) is 32.1 Å². The van der Waals surface area contributed by atoms with Crippen LogP contribution < -0.4 is 10.6 Å². The van der Waals surface area contributed by atoms with Gasteiger partial charge in [0.2, 0.25) is 15.9 Å². The topological polar surface area (TPSA) is 104 Å². The average Bonchev–Trinajstić information content (AvgIpc) is 3.39. The molecule has 0 radical (unpaired) electrons. The zero-order valence-corrected chi connectivity index (χ0v) is 20.3. The summed E-state index contributed by atoms with van der Waals surface area (Å²) in [6.07, 6.45) is 3.88. The van der Waals surface area contributed by atoms with Gasteiger partial charge in [0.1, 0.15) is 0 Å². The van der Waals surface area contributed by atoms with E-state index < -0.39 is 0 Å². The van der Waals surface area contributed by atoms with E-state index in [9.17, 15) is 14.4 Å². The third-order valence-electron chi connectivity index (χ3n) is 6.02. The van der Waals surface area contributed by atoms with Gasteiger partial charge >= 0.3 is 0 Å². The van der Waals surface area contributed by atoms with Gasteiger partial charge in [-0.25, -0.2) is 0 Å². The normalized spacial score (nSPS) is 13.9. The molecule has 35 heavy (non-hydrogen) atoms. The van der Waals surface area contributed by atoms with Gasteiger partial charge < -0.3 is 15.5 Å². The van der Waals surface area contributed by atoms with Crippen LogP contribution in [-0.2, 0) is 11.2 Å². The van der Waals surface area contributed by atoms with Crippen LogP contribution in [0.4, 0.5) is 5.69 Å². The van der Waals surface area contributed by atoms with E-state index in [-0.39, 0.29) is 33.7 Å². The molecule has 0 bridgehead atoms. The summed E-state index contributed by atoms with van der Waals surface area (Å²) in [6.45, 7) is 1.80. The van der Waals surface area contributed by atoms with E-state index in [0.29, 0.717) is 31.7 Å². The highest BCUT2D eigenvalue weighted by molar-refractivity contribution is 7.15. The van der Waals surface area contributed by atoms with Crippen molar-refractivity contribution in [3.8, 4) is 0 Å². The van der Waals surface area contributed by atoms with Gasteiger partial charge in [0.05, 0.1) is 0 Å². The lowest BCUT2D eigenvalue weighted by atomic mass is 9.93. The first-order chi connectivity index (χ1) is 17.1. The van der Waals surface area contributed by atoms with E-state index in [2.05, 4.69) is 33.0 Å². The van der Waals surface area contributed by atoms with Crippen molar-refractivity contribution in [1.29, 1.82) is 0 Å². The highest BCUT2D eigenvalue weighted by Gasteiger charge is 2.27. The number of para-hydroxylation sites is 1. The Bertz CT molecular complexity index is 1130. The fourth-order valence-electron chi connectivity index (χ4n) is 4.08. The van der Waals surface area contributed by atoms with Gasteiger partial charge in [-0.05, 0) is 49.3 Å². The van der Waals surface area contributed by atoms with Crippen LogP contribution in [0.1, 0.15) is 50.9 Å². The lowest BCUT2D eigenvalue weighted by molar-refractivity contribution is -0.122. The highest BCUT2D eigenvalue weighted by atomic mass is 32.1. The zero-order valence-electron chi connectivity index (χ0n) is 19.5. The number of benzene rings is 2. The number of hydrogen-bond donors (Lipinski definition) is 2. The number of nitrogens with one attached hydrogen (secondary N) is 2. The maximum atomic E-state index is 12.8. The van der Waals surface area contributed by atoms with Crippen molar-refractivity contribution in [3.05, 3.63) is 76.2 Å². The molecule has 4 rings (SSSR count). The second kappa shape index (κ2) is 12.2. The molecule has 0 atom stereocenters. The van der Waals surface area contributed by atoms with Crippen molar-refractivity contribution in [1.82, 2.24) is 20.4 Å². The van der Waals surface area contributed by atoms with Crippen molar-refractivity contribution in [2.24, 2.45) is 5.92 Å². The number of likely N-dealkylation sites (tertiary alicyclic amines) is 1. The minimum atomic E-state index is -0.388. The standard InChI is InChI=1S/C26H29N5O3S/c32-22(27-15-7-10-19-8-3-1-4-9-19)18-20-13-16-31(17-14-20)26(34)25-30-29-24(35-25)23(33)28-21-11-5-2-6-12-21/h1-6,8-9,11-12,20H,7,10,13-18H2,(H,27,32)(H,28,33). The number of hydrogen-bond acceptors (Lipinski definition) is 6. The Morgan fingerprint density at radius 2 is 1.57 bits per heavy atom. The maximum Gasteiger partial charge on any atom is 0.286 e. The summed E-state index contributed by atoms with van der Waals surface area (Å²) in [5.74, 6) is -0.276. The summed E-state index contributed by atoms with van der Waals surface area (Å²) in [6, 6.07) is 19.3. The third kappa shape index (κ3) is 7.19. The molecular weight excluding hydrogens is 462 g/mol. The Morgan fingerprint density at radius 1 is 0.914 bits per heavy atom. The molecular formula is C26H29N5O3S. The first kappa shape index (κ1) is 24.5. The van der Waals surface area contributed by atoms with E-state index in [1.54, 1.807) is 17.0 Å². The van der Waals surface area contributed by atoms with Crippen LogP contribution in [0, 0.1) is 5.92 Å². The lowest BCUT2D eigenvalue weighted by Gasteiger charge is -2.31. The number of carbonyl (C=O) groups excluding carboxylic acids is 3. The van der Waals surface area contributed by atoms with Gasteiger partial charge in [0, 0.05) is 31.7 Å². The molecule has 9 heteroatoms. The van der Waals surface area contributed by atoms with Crippen LogP contribution in [0.15, 0.2) is 60.7 Å². The Morgan fingerprint density at radius 3 is 2.29 bits per heavy atom. The number of anilines is 1. The molecule has 0 spiro atoms. The summed E-state index contributed by atoms with van der Waals surface area (Å²) in [5.41, 5.74) is 1.93. The number of rotatable bonds is 9. The number of amides is 3. The quantitative estimate of drug-likeness (QED) is 0.443. The van der Waals surface area contributed by atoms with Crippen molar-refractivity contribution in [2.75, 3.05) is 25.0 Å². The molecule has 1 aromatic heterocycles. The maximum absolute atomic E-state index is 12.8. The number of nitrogens with zero attached hydrogens (tertiary/aromatic N) is 3. The van der Waals surface area contributed by atoms with E-state index in [4.69, 9.17) is 0 Å². The number of aryl methyl sites for hydroxylation is 1. The molecule has 0 unspecified atom stereocenters. The summed E-state index contributed by atoms with van der Waals surface area (Å²) in [7, 11) is 0. The van der Waals surface area contributed by atoms with Crippen LogP contribution in [-0.4, -0.2) is 52.5 Å². The van der Waals surface area contributed by atoms with Crippen LogP contribution in [0.25, 0.3) is 0 Å². The lowest BCUT2D eigenvalue weighted by Crippen LogP contribution is -2.39. The molecule has 3 amide bonds. The minimum absolute atomic E-state index is 0.0704. The molecule has 1 aliphatic heterocycles. The van der Waals surface area contributed by atoms with Crippen LogP contribution in [0.2, 0.25) is 0 Å². The Hall–Kier alpha value is -3.59. The number of carbonyl (C=O) groups is 3. The van der Waals surface area contributed by atoms with E-state index in [1.165, 1.54) is 5.56 Å². The fraction of sp³-hybridized carbons (Fsp3) is 0.346. The molecule has 1 saturated heterocycles. The second-order valence-corrected chi connectivity index (χ2v) is 9.59. The smallest absolute Gasteiger partial charge is 0.286 e. The third-order valence-corrected chi connectivity index (χ3v) is 6.93. The molecule has 3 aromatic rings. The van der Waals surface area contributed by atoms with E-state index in [0.717, 1.165) is 37.0 Å². The Kier molecular flexibility index (Phi) is 8.56. The molecule has 2 aromatic carbocycles. The van der Waals surface area contributed by atoms with Gasteiger partial charge in [-0.15, -0.1) is 10.2 Å². The van der Waals surface area contributed by atoms with Gasteiger partial charge in [-0.1, -0.05) is 59.9 Å². The van der Waals surface area contributed by atoms with Gasteiger partial charge in [0.15, 0.2) is 0 Å². The molecule has 0 aliphatic carbocycles. The number of piperidine rings is 1. The SMILES string of the molecule is O=C(CC1CCN(C(=O)c2nnc(C(=O)Nc3ccccc3)s2)CC1)NCCCc1ccccc1. The fourth-order valence-corrected chi connectivity index (χ4v) is 4.79. The largest absolute Gasteiger partial charge is 0.356 e. The van der Waals surface area contributed by atoms with Gasteiger partial charge in [0.25, 0.3) is 11.8 Å². The Labute approximate surface area is 208 Å². The summed E-state index contributed by atoms with van der Waals surface area (Å²) >= 11 is 0.993. The van der Waals surface area contributed by atoms with Gasteiger partial charge in [-0.3, -0.25) is 14.4 Å². The second-order valence-electron chi connectivity index (χ2n) is 8.61. The van der Waals surface area contributed by atoms with Crippen LogP contribution >= 0.6 is 11.3 Å². The van der Waals surface area contributed by atoms with Crippen molar-refractivity contribution >= 4 is 34.7 Å². The Balaban J connectivity index is 1.17. The van der Waals surface area contributed by atoms with E-state index in [1.807, 2.05) is 36.4 Å². The first-order valence-electron chi connectivity index (χ1n) is 11.9. The summed E-state index contributed by atoms with van der Waals surface area (Å²) in [5, 5.41) is 13.9. The molecule has 2 heterocycles. The molecule has 1 fully saturated rings. The first-order valence-corrected chi connectivity index (χ1v) is 12.7. The molecule has 8 nitrogen and oxygen atoms in total. The monoisotopic (exact) mass is 491 g/mol. The van der Waals surface area contributed by atoms with E-state index >= 15 is 0 Å². The minimum Gasteiger partial charge on any atom is -0.356 e. The zero-order chi connectivity index (χ0) is 24.5.